The van der Waals surface area contributed by atoms with Gasteiger partial charge in [-0.2, -0.15) is 0 Å². The molecule has 94 valence electrons. The highest BCUT2D eigenvalue weighted by Crippen LogP contribution is 2.12. The number of hydrogen-bond acceptors (Lipinski definition) is 3. The van der Waals surface area contributed by atoms with Gasteiger partial charge in [0, 0.05) is 32.1 Å². The molecule has 5 heteroatoms. The molecule has 1 amide bonds. The van der Waals surface area contributed by atoms with E-state index in [1.807, 2.05) is 20.8 Å². The van der Waals surface area contributed by atoms with Crippen molar-refractivity contribution in [2.75, 3.05) is 19.6 Å². The van der Waals surface area contributed by atoms with Crippen molar-refractivity contribution in [3.8, 4) is 0 Å². The highest BCUT2D eigenvalue weighted by atomic mass is 16.4. The van der Waals surface area contributed by atoms with Crippen LogP contribution < -0.4 is 5.32 Å². The van der Waals surface area contributed by atoms with E-state index in [0.29, 0.717) is 19.6 Å². The molecule has 5 nitrogen and oxygen atoms in total. The molecule has 0 heterocycles. The largest absolute Gasteiger partial charge is 0.481 e. The van der Waals surface area contributed by atoms with Crippen LogP contribution in [0.2, 0.25) is 0 Å². The molecule has 0 bridgehead atoms. The fourth-order valence-corrected chi connectivity index (χ4v) is 1.38. The SMILES string of the molecule is CC(=O)NCCN(CCC(=O)O)C(C)(C)C. The third-order valence-electron chi connectivity index (χ3n) is 2.30. The molecule has 0 aromatic heterocycles. The van der Waals surface area contributed by atoms with Gasteiger partial charge in [0.25, 0.3) is 0 Å². The summed E-state index contributed by atoms with van der Waals surface area (Å²) >= 11 is 0. The van der Waals surface area contributed by atoms with Crippen LogP contribution in [-0.2, 0) is 9.59 Å². The predicted molar refractivity (Wildman–Crippen MR) is 62.3 cm³/mol. The molecular formula is C11H22N2O3. The number of carboxylic acids is 1. The van der Waals surface area contributed by atoms with Gasteiger partial charge in [-0.05, 0) is 20.8 Å². The van der Waals surface area contributed by atoms with E-state index >= 15 is 0 Å². The maximum Gasteiger partial charge on any atom is 0.304 e. The Morgan fingerprint density at radius 1 is 1.25 bits per heavy atom. The van der Waals surface area contributed by atoms with E-state index < -0.39 is 5.97 Å². The molecular weight excluding hydrogens is 208 g/mol. The zero-order valence-corrected chi connectivity index (χ0v) is 10.5. The zero-order valence-electron chi connectivity index (χ0n) is 10.5. The van der Waals surface area contributed by atoms with Crippen LogP contribution in [0.3, 0.4) is 0 Å². The zero-order chi connectivity index (χ0) is 12.8. The van der Waals surface area contributed by atoms with E-state index in [2.05, 4.69) is 10.2 Å². The first kappa shape index (κ1) is 14.9. The molecule has 0 rings (SSSR count). The van der Waals surface area contributed by atoms with Gasteiger partial charge in [0.05, 0.1) is 6.42 Å². The van der Waals surface area contributed by atoms with Crippen LogP contribution >= 0.6 is 0 Å². The van der Waals surface area contributed by atoms with Crippen LogP contribution in [0, 0.1) is 0 Å². The number of amides is 1. The molecule has 0 aromatic rings. The normalized spacial score (nSPS) is 11.6. The Morgan fingerprint density at radius 2 is 1.81 bits per heavy atom. The second kappa shape index (κ2) is 6.48. The molecule has 0 radical (unpaired) electrons. The first-order valence-corrected chi connectivity index (χ1v) is 5.45. The van der Waals surface area contributed by atoms with Crippen molar-refractivity contribution in [1.29, 1.82) is 0 Å². The van der Waals surface area contributed by atoms with E-state index in [4.69, 9.17) is 5.11 Å². The van der Waals surface area contributed by atoms with Gasteiger partial charge < -0.3 is 10.4 Å². The molecule has 0 aliphatic rings. The molecule has 2 N–H and O–H groups in total. The highest BCUT2D eigenvalue weighted by molar-refractivity contribution is 5.72. The second-order valence-electron chi connectivity index (χ2n) is 4.78. The van der Waals surface area contributed by atoms with E-state index in [1.54, 1.807) is 0 Å². The van der Waals surface area contributed by atoms with E-state index in [9.17, 15) is 9.59 Å². The van der Waals surface area contributed by atoms with Crippen LogP contribution in [-0.4, -0.2) is 47.1 Å². The minimum Gasteiger partial charge on any atom is -0.481 e. The van der Waals surface area contributed by atoms with Crippen molar-refractivity contribution < 1.29 is 14.7 Å². The van der Waals surface area contributed by atoms with Crippen molar-refractivity contribution >= 4 is 11.9 Å². The van der Waals surface area contributed by atoms with Crippen molar-refractivity contribution in [2.24, 2.45) is 0 Å². The summed E-state index contributed by atoms with van der Waals surface area (Å²) in [7, 11) is 0. The molecule has 0 aliphatic heterocycles. The Kier molecular flexibility index (Phi) is 6.03. The average molecular weight is 230 g/mol. The standard InChI is InChI=1S/C11H22N2O3/c1-9(14)12-6-8-13(11(2,3)4)7-5-10(15)16/h5-8H2,1-4H3,(H,12,14)(H,15,16). The Bertz CT molecular complexity index is 246. The van der Waals surface area contributed by atoms with Gasteiger partial charge in [0.1, 0.15) is 0 Å². The summed E-state index contributed by atoms with van der Waals surface area (Å²) in [6.45, 7) is 9.27. The lowest BCUT2D eigenvalue weighted by atomic mass is 10.1. The van der Waals surface area contributed by atoms with E-state index in [-0.39, 0.29) is 17.9 Å². The van der Waals surface area contributed by atoms with Crippen LogP contribution in [0.1, 0.15) is 34.1 Å². The fraction of sp³-hybridized carbons (Fsp3) is 0.818. The fourth-order valence-electron chi connectivity index (χ4n) is 1.38. The van der Waals surface area contributed by atoms with Gasteiger partial charge in [-0.15, -0.1) is 0 Å². The molecule has 16 heavy (non-hydrogen) atoms. The molecule has 0 spiro atoms. The Hall–Kier alpha value is -1.10. The quantitative estimate of drug-likeness (QED) is 0.704. The molecule has 0 aromatic carbocycles. The topological polar surface area (TPSA) is 69.6 Å². The third-order valence-corrected chi connectivity index (χ3v) is 2.30. The lowest BCUT2D eigenvalue weighted by Crippen LogP contribution is -2.46. The number of aliphatic carboxylic acids is 1. The average Bonchev–Trinajstić information content (AvgIpc) is 2.07. The second-order valence-corrected chi connectivity index (χ2v) is 4.78. The van der Waals surface area contributed by atoms with Gasteiger partial charge in [0.15, 0.2) is 0 Å². The van der Waals surface area contributed by atoms with Gasteiger partial charge in [-0.3, -0.25) is 14.5 Å². The summed E-state index contributed by atoms with van der Waals surface area (Å²) in [6.07, 6.45) is 0.122. The summed E-state index contributed by atoms with van der Waals surface area (Å²) in [5.74, 6) is -0.860. The monoisotopic (exact) mass is 230 g/mol. The van der Waals surface area contributed by atoms with Crippen LogP contribution in [0.25, 0.3) is 0 Å². The number of carbonyl (C=O) groups is 2. The lowest BCUT2D eigenvalue weighted by molar-refractivity contribution is -0.137. The third kappa shape index (κ3) is 7.23. The van der Waals surface area contributed by atoms with Crippen LogP contribution in [0.4, 0.5) is 0 Å². The van der Waals surface area contributed by atoms with Crippen molar-refractivity contribution in [1.82, 2.24) is 10.2 Å². The lowest BCUT2D eigenvalue weighted by Gasteiger charge is -2.35. The molecule has 0 unspecified atom stereocenters. The minimum atomic E-state index is -0.797. The maximum atomic E-state index is 10.7. The summed E-state index contributed by atoms with van der Waals surface area (Å²) in [4.78, 5) is 23.3. The number of rotatable bonds is 6. The number of nitrogens with zero attached hydrogens (tertiary/aromatic N) is 1. The Balaban J connectivity index is 4.11. The van der Waals surface area contributed by atoms with E-state index in [1.165, 1.54) is 6.92 Å². The number of nitrogens with one attached hydrogen (secondary N) is 1. The summed E-state index contributed by atoms with van der Waals surface area (Å²) in [6, 6.07) is 0. The molecule has 0 saturated carbocycles. The Morgan fingerprint density at radius 3 is 2.19 bits per heavy atom. The van der Waals surface area contributed by atoms with Crippen LogP contribution in [0.5, 0.6) is 0 Å². The van der Waals surface area contributed by atoms with Gasteiger partial charge in [-0.1, -0.05) is 0 Å². The number of carboxylic acid groups (broad SMARTS) is 1. The van der Waals surface area contributed by atoms with Crippen molar-refractivity contribution in [3.63, 3.8) is 0 Å². The van der Waals surface area contributed by atoms with Crippen LogP contribution in [0.15, 0.2) is 0 Å². The predicted octanol–water partition coefficient (Wildman–Crippen LogP) is 0.698. The number of hydrogen-bond donors (Lipinski definition) is 2. The molecule has 0 fully saturated rings. The Labute approximate surface area is 96.8 Å². The number of carbonyl (C=O) groups excluding carboxylic acids is 1. The summed E-state index contributed by atoms with van der Waals surface area (Å²) in [5, 5.41) is 11.4. The highest BCUT2D eigenvalue weighted by Gasteiger charge is 2.21. The van der Waals surface area contributed by atoms with Gasteiger partial charge in [0.2, 0.25) is 5.91 Å². The molecule has 0 aliphatic carbocycles. The maximum absolute atomic E-state index is 10.7. The first-order chi connectivity index (χ1) is 7.23. The first-order valence-electron chi connectivity index (χ1n) is 5.45. The molecule has 0 atom stereocenters. The minimum absolute atomic E-state index is 0.0629. The van der Waals surface area contributed by atoms with Crippen molar-refractivity contribution in [2.45, 2.75) is 39.7 Å². The molecule has 0 saturated heterocycles. The van der Waals surface area contributed by atoms with Crippen molar-refractivity contribution in [3.05, 3.63) is 0 Å². The van der Waals surface area contributed by atoms with Gasteiger partial charge in [-0.25, -0.2) is 0 Å². The summed E-state index contributed by atoms with van der Waals surface area (Å²) < 4.78 is 0. The van der Waals surface area contributed by atoms with Gasteiger partial charge >= 0.3 is 5.97 Å². The summed E-state index contributed by atoms with van der Waals surface area (Å²) in [5.41, 5.74) is -0.0894. The van der Waals surface area contributed by atoms with E-state index in [0.717, 1.165) is 0 Å². The smallest absolute Gasteiger partial charge is 0.304 e.